The van der Waals surface area contributed by atoms with Gasteiger partial charge < -0.3 is 4.18 Å². The highest BCUT2D eigenvalue weighted by molar-refractivity contribution is 7.87. The van der Waals surface area contributed by atoms with E-state index in [4.69, 9.17) is 4.18 Å². The highest BCUT2D eigenvalue weighted by Gasteiger charge is 2.63. The molecule has 152 valence electrons. The standard InChI is InChI=1S/C18H14F6O3S/c1-2-6-12-11-13(17(21,22)18(23,24)16(19)20)9-10-15(12)27-28(25,26)14-7-4-3-5-8-14/h2-11,16H,1H3/b6-2-. The van der Waals surface area contributed by atoms with Crippen molar-refractivity contribution in [2.24, 2.45) is 0 Å². The molecule has 0 heterocycles. The van der Waals surface area contributed by atoms with Crippen LogP contribution in [0.4, 0.5) is 26.3 Å². The Morgan fingerprint density at radius 2 is 1.61 bits per heavy atom. The molecule has 0 spiro atoms. The van der Waals surface area contributed by atoms with E-state index in [2.05, 4.69) is 0 Å². The molecule has 2 aromatic carbocycles. The third-order valence-corrected chi connectivity index (χ3v) is 4.89. The van der Waals surface area contributed by atoms with Gasteiger partial charge in [-0.1, -0.05) is 30.4 Å². The summed E-state index contributed by atoms with van der Waals surface area (Å²) in [6.07, 6.45) is -2.16. The molecule has 0 N–H and O–H groups in total. The highest BCUT2D eigenvalue weighted by Crippen LogP contribution is 2.47. The molecular weight excluding hydrogens is 410 g/mol. The summed E-state index contributed by atoms with van der Waals surface area (Å²) in [5.74, 6) is -11.2. The monoisotopic (exact) mass is 424 g/mol. The van der Waals surface area contributed by atoms with Gasteiger partial charge in [-0.3, -0.25) is 0 Å². The van der Waals surface area contributed by atoms with Gasteiger partial charge in [0, 0.05) is 11.1 Å². The smallest absolute Gasteiger partial charge is 0.373 e. The lowest BCUT2D eigenvalue weighted by atomic mass is 9.99. The summed E-state index contributed by atoms with van der Waals surface area (Å²) in [7, 11) is -4.33. The first-order valence-corrected chi connectivity index (χ1v) is 9.15. The Kier molecular flexibility index (Phi) is 6.12. The van der Waals surface area contributed by atoms with Crippen LogP contribution in [0.1, 0.15) is 18.1 Å². The van der Waals surface area contributed by atoms with Crippen LogP contribution >= 0.6 is 0 Å². The van der Waals surface area contributed by atoms with E-state index in [1.54, 1.807) is 6.07 Å². The number of halogens is 6. The van der Waals surface area contributed by atoms with Crippen molar-refractivity contribution in [1.29, 1.82) is 0 Å². The molecule has 0 saturated heterocycles. The number of allylic oxidation sites excluding steroid dienone is 1. The molecule has 3 nitrogen and oxygen atoms in total. The summed E-state index contributed by atoms with van der Waals surface area (Å²) in [5, 5.41) is 0. The van der Waals surface area contributed by atoms with E-state index in [1.807, 2.05) is 0 Å². The minimum absolute atomic E-state index is 0.222. The summed E-state index contributed by atoms with van der Waals surface area (Å²) in [5.41, 5.74) is -1.71. The van der Waals surface area contributed by atoms with Crippen LogP contribution in [0.3, 0.4) is 0 Å². The van der Waals surface area contributed by atoms with Gasteiger partial charge in [-0.15, -0.1) is 0 Å². The largest absolute Gasteiger partial charge is 0.378 e. The third kappa shape index (κ3) is 4.16. The molecule has 0 aliphatic carbocycles. The maximum absolute atomic E-state index is 13.9. The van der Waals surface area contributed by atoms with Crippen molar-refractivity contribution in [1.82, 2.24) is 0 Å². The number of hydrogen-bond donors (Lipinski definition) is 0. The van der Waals surface area contributed by atoms with Crippen LogP contribution in [0.25, 0.3) is 6.08 Å². The van der Waals surface area contributed by atoms with Crippen molar-refractivity contribution in [2.45, 2.75) is 30.1 Å². The molecule has 0 aliphatic rings. The zero-order valence-electron chi connectivity index (χ0n) is 14.3. The molecule has 0 atom stereocenters. The SMILES string of the molecule is C/C=C\c1cc(C(F)(F)C(F)(F)C(F)F)ccc1OS(=O)(=O)c1ccccc1. The molecule has 0 amide bonds. The molecule has 28 heavy (non-hydrogen) atoms. The maximum Gasteiger partial charge on any atom is 0.373 e. The number of rotatable bonds is 7. The first-order valence-electron chi connectivity index (χ1n) is 7.74. The Bertz CT molecular complexity index is 957. The summed E-state index contributed by atoms with van der Waals surface area (Å²) in [6, 6.07) is 8.49. The van der Waals surface area contributed by atoms with E-state index in [1.165, 1.54) is 37.3 Å². The number of hydrogen-bond acceptors (Lipinski definition) is 3. The van der Waals surface area contributed by atoms with Crippen LogP contribution in [-0.2, 0) is 16.0 Å². The molecule has 0 radical (unpaired) electrons. The van der Waals surface area contributed by atoms with Crippen LogP contribution < -0.4 is 4.18 Å². The van der Waals surface area contributed by atoms with Crippen molar-refractivity contribution < 1.29 is 38.9 Å². The van der Waals surface area contributed by atoms with E-state index in [-0.39, 0.29) is 10.5 Å². The quantitative estimate of drug-likeness (QED) is 0.437. The predicted molar refractivity (Wildman–Crippen MR) is 90.3 cm³/mol. The number of alkyl halides is 6. The highest BCUT2D eigenvalue weighted by atomic mass is 32.2. The second kappa shape index (κ2) is 7.86. The molecular formula is C18H14F6O3S. The van der Waals surface area contributed by atoms with Gasteiger partial charge >= 0.3 is 28.4 Å². The van der Waals surface area contributed by atoms with Crippen molar-refractivity contribution in [3.05, 3.63) is 65.7 Å². The van der Waals surface area contributed by atoms with Crippen LogP contribution in [0.5, 0.6) is 5.75 Å². The van der Waals surface area contributed by atoms with Crippen LogP contribution in [0.15, 0.2) is 59.5 Å². The number of benzene rings is 2. The van der Waals surface area contributed by atoms with Gasteiger partial charge in [-0.2, -0.15) is 26.0 Å². The Balaban J connectivity index is 2.50. The van der Waals surface area contributed by atoms with E-state index in [0.717, 1.165) is 6.08 Å². The molecule has 0 aliphatic heterocycles. The van der Waals surface area contributed by atoms with Gasteiger partial charge in [-0.25, -0.2) is 8.78 Å². The van der Waals surface area contributed by atoms with Crippen molar-refractivity contribution in [3.8, 4) is 5.75 Å². The first-order chi connectivity index (χ1) is 12.9. The second-order valence-electron chi connectivity index (χ2n) is 5.60. The van der Waals surface area contributed by atoms with E-state index < -0.39 is 39.7 Å². The van der Waals surface area contributed by atoms with E-state index in [9.17, 15) is 34.8 Å². The average Bonchev–Trinajstić information content (AvgIpc) is 2.63. The molecule has 10 heteroatoms. The van der Waals surface area contributed by atoms with Crippen LogP contribution in [-0.4, -0.2) is 20.8 Å². The molecule has 2 aromatic rings. The zero-order valence-corrected chi connectivity index (χ0v) is 15.1. The normalized spacial score (nSPS) is 13.3. The van der Waals surface area contributed by atoms with Crippen molar-refractivity contribution in [3.63, 3.8) is 0 Å². The van der Waals surface area contributed by atoms with E-state index >= 15 is 0 Å². The molecule has 0 saturated carbocycles. The topological polar surface area (TPSA) is 43.4 Å². The second-order valence-corrected chi connectivity index (χ2v) is 7.15. The van der Waals surface area contributed by atoms with E-state index in [0.29, 0.717) is 18.2 Å². The summed E-state index contributed by atoms with van der Waals surface area (Å²) < 4.78 is 109. The fourth-order valence-corrected chi connectivity index (χ4v) is 3.19. The van der Waals surface area contributed by atoms with Gasteiger partial charge in [0.15, 0.2) is 0 Å². The fourth-order valence-electron chi connectivity index (χ4n) is 2.21. The van der Waals surface area contributed by atoms with Gasteiger partial charge in [0.25, 0.3) is 0 Å². The fraction of sp³-hybridized carbons (Fsp3) is 0.222. The summed E-state index contributed by atoms with van der Waals surface area (Å²) in [6.45, 7) is 1.45. The lowest BCUT2D eigenvalue weighted by molar-refractivity contribution is -0.270. The van der Waals surface area contributed by atoms with Gasteiger partial charge in [0.05, 0.1) is 0 Å². The van der Waals surface area contributed by atoms with Gasteiger partial charge in [-0.05, 0) is 37.3 Å². The molecule has 0 unspecified atom stereocenters. The van der Waals surface area contributed by atoms with Gasteiger partial charge in [0.1, 0.15) is 10.6 Å². The van der Waals surface area contributed by atoms with Crippen molar-refractivity contribution >= 4 is 16.2 Å². The van der Waals surface area contributed by atoms with Crippen LogP contribution in [0, 0.1) is 0 Å². The predicted octanol–water partition coefficient (Wildman–Crippen LogP) is 5.48. The lowest BCUT2D eigenvalue weighted by Gasteiger charge is -2.26. The average molecular weight is 424 g/mol. The Morgan fingerprint density at radius 1 is 1.00 bits per heavy atom. The maximum atomic E-state index is 13.9. The Morgan fingerprint density at radius 3 is 2.14 bits per heavy atom. The summed E-state index contributed by atoms with van der Waals surface area (Å²) >= 11 is 0. The third-order valence-electron chi connectivity index (χ3n) is 3.64. The summed E-state index contributed by atoms with van der Waals surface area (Å²) in [4.78, 5) is -0.222. The van der Waals surface area contributed by atoms with Gasteiger partial charge in [0.2, 0.25) is 0 Å². The molecule has 0 bridgehead atoms. The molecule has 0 fully saturated rings. The Labute approximate surface area is 157 Å². The van der Waals surface area contributed by atoms with Crippen molar-refractivity contribution in [2.75, 3.05) is 0 Å². The lowest BCUT2D eigenvalue weighted by Crippen LogP contribution is -2.44. The Hall–Kier alpha value is -2.49. The zero-order chi connectivity index (χ0) is 21.2. The van der Waals surface area contributed by atoms with Crippen LogP contribution in [0.2, 0.25) is 0 Å². The molecule has 0 aromatic heterocycles. The minimum Gasteiger partial charge on any atom is -0.378 e. The molecule has 2 rings (SSSR count). The first kappa shape index (κ1) is 21.8. The minimum atomic E-state index is -5.61.